The number of imidazole rings is 1. The Hall–Kier alpha value is -4.45. The molecule has 0 radical (unpaired) electrons. The average Bonchev–Trinajstić information content (AvgIpc) is 3.37. The van der Waals surface area contributed by atoms with Gasteiger partial charge in [0.2, 0.25) is 0 Å². The molecule has 0 fully saturated rings. The number of para-hydroxylation sites is 2. The monoisotopic (exact) mass is 505 g/mol. The maximum Gasteiger partial charge on any atom is 0.273 e. The smallest absolute Gasteiger partial charge is 0.273 e. The van der Waals surface area contributed by atoms with E-state index in [1.807, 2.05) is 49.4 Å². The van der Waals surface area contributed by atoms with Gasteiger partial charge >= 0.3 is 0 Å². The zero-order valence-electron chi connectivity index (χ0n) is 21.7. The summed E-state index contributed by atoms with van der Waals surface area (Å²) in [5.41, 5.74) is 7.81. The molecule has 38 heavy (non-hydrogen) atoms. The molecule has 2 aromatic heterocycles. The summed E-state index contributed by atoms with van der Waals surface area (Å²) < 4.78 is 15.7. The molecule has 6 nitrogen and oxygen atoms in total. The number of hydrogen-bond donors (Lipinski definition) is 1. The third-order valence-electron chi connectivity index (χ3n) is 7.23. The Bertz CT molecular complexity index is 1600. The number of rotatable bonds is 7. The number of aromatic nitrogens is 2. The second-order valence-electron chi connectivity index (χ2n) is 9.50. The zero-order valence-corrected chi connectivity index (χ0v) is 21.7. The lowest BCUT2D eigenvalue weighted by Gasteiger charge is -2.12. The number of methoxy groups -OCH3 is 1. The van der Waals surface area contributed by atoms with Crippen LogP contribution in [0.15, 0.2) is 85.1 Å². The molecular weight excluding hydrogens is 474 g/mol. The highest BCUT2D eigenvalue weighted by Crippen LogP contribution is 2.40. The van der Waals surface area contributed by atoms with E-state index in [4.69, 9.17) is 9.47 Å². The van der Waals surface area contributed by atoms with Crippen molar-refractivity contribution in [1.82, 2.24) is 8.97 Å². The molecule has 5 aromatic rings. The molecule has 0 saturated heterocycles. The molecule has 1 aliphatic heterocycles. The maximum atomic E-state index is 14.1. The summed E-state index contributed by atoms with van der Waals surface area (Å²) in [4.78, 5) is 14.1. The summed E-state index contributed by atoms with van der Waals surface area (Å²) in [7, 11) is 1.61. The van der Waals surface area contributed by atoms with Gasteiger partial charge in [-0.05, 0) is 61.6 Å². The quantitative estimate of drug-likeness (QED) is 0.257. The Kier molecular flexibility index (Phi) is 6.38. The molecule has 3 heterocycles. The van der Waals surface area contributed by atoms with E-state index in [0.29, 0.717) is 23.7 Å². The average molecular weight is 506 g/mol. The van der Waals surface area contributed by atoms with Crippen LogP contribution in [-0.2, 0) is 13.0 Å². The van der Waals surface area contributed by atoms with Gasteiger partial charge in [-0.3, -0.25) is 9.20 Å². The number of aryl methyl sites for hydroxylation is 2. The van der Waals surface area contributed by atoms with Crippen molar-refractivity contribution in [3.05, 3.63) is 96.3 Å². The van der Waals surface area contributed by atoms with Gasteiger partial charge in [-0.2, -0.15) is 0 Å². The van der Waals surface area contributed by atoms with Crippen LogP contribution in [0.4, 0.5) is 5.69 Å². The Labute approximate surface area is 222 Å². The van der Waals surface area contributed by atoms with E-state index in [9.17, 15) is 4.79 Å². The van der Waals surface area contributed by atoms with Crippen molar-refractivity contribution in [2.75, 3.05) is 19.0 Å². The topological polar surface area (TPSA) is 56.9 Å². The summed E-state index contributed by atoms with van der Waals surface area (Å²) in [6.45, 7) is 3.50. The Morgan fingerprint density at radius 2 is 1.68 bits per heavy atom. The SMILES string of the molecule is CCOc1ccc(-c2c3c4n(c(-c5ccccc5)cn4c2C(=O)Nc2ccccc2OC)CCCC3)cc1. The van der Waals surface area contributed by atoms with Gasteiger partial charge in [-0.1, -0.05) is 54.6 Å². The molecule has 0 saturated carbocycles. The van der Waals surface area contributed by atoms with Gasteiger partial charge in [0.05, 0.1) is 25.1 Å². The predicted octanol–water partition coefficient (Wildman–Crippen LogP) is 7.07. The van der Waals surface area contributed by atoms with Crippen LogP contribution < -0.4 is 14.8 Å². The first-order valence-corrected chi connectivity index (χ1v) is 13.2. The van der Waals surface area contributed by atoms with Crippen molar-refractivity contribution >= 4 is 17.2 Å². The van der Waals surface area contributed by atoms with Crippen LogP contribution >= 0.6 is 0 Å². The summed E-state index contributed by atoms with van der Waals surface area (Å²) in [5.74, 6) is 1.28. The summed E-state index contributed by atoms with van der Waals surface area (Å²) in [6.07, 6.45) is 5.18. The van der Waals surface area contributed by atoms with Crippen molar-refractivity contribution < 1.29 is 14.3 Å². The largest absolute Gasteiger partial charge is 0.495 e. The van der Waals surface area contributed by atoms with Crippen LogP contribution in [0, 0.1) is 0 Å². The first-order valence-electron chi connectivity index (χ1n) is 13.2. The van der Waals surface area contributed by atoms with Gasteiger partial charge in [-0.25, -0.2) is 0 Å². The number of amides is 1. The van der Waals surface area contributed by atoms with Crippen molar-refractivity contribution in [3.63, 3.8) is 0 Å². The van der Waals surface area contributed by atoms with Gasteiger partial charge < -0.3 is 19.4 Å². The molecule has 0 bridgehead atoms. The van der Waals surface area contributed by atoms with E-state index in [2.05, 4.69) is 56.9 Å². The van der Waals surface area contributed by atoms with Gasteiger partial charge in [0.25, 0.3) is 5.91 Å². The normalized spacial score (nSPS) is 12.8. The van der Waals surface area contributed by atoms with Gasteiger partial charge in [-0.15, -0.1) is 0 Å². The summed E-state index contributed by atoms with van der Waals surface area (Å²) in [6, 6.07) is 26.0. The standard InChI is InChI=1S/C32H31N3O3/c1-3-38-24-18-16-23(17-19-24)29-25-13-9-10-20-34-27(22-11-5-4-6-12-22)21-35(32(25)34)30(29)31(36)33-26-14-7-8-15-28(26)37-2/h4-8,11-12,14-19,21H,3,9-10,13,20H2,1-2H3,(H,33,36). The lowest BCUT2D eigenvalue weighted by Crippen LogP contribution is -2.16. The number of nitrogens with one attached hydrogen (secondary N) is 1. The molecule has 6 rings (SSSR count). The van der Waals surface area contributed by atoms with Crippen molar-refractivity contribution in [2.45, 2.75) is 32.7 Å². The summed E-state index contributed by atoms with van der Waals surface area (Å²) in [5, 5.41) is 3.13. The van der Waals surface area contributed by atoms with E-state index in [1.54, 1.807) is 7.11 Å². The molecule has 6 heteroatoms. The van der Waals surface area contributed by atoms with E-state index in [-0.39, 0.29) is 5.91 Å². The third-order valence-corrected chi connectivity index (χ3v) is 7.23. The van der Waals surface area contributed by atoms with Crippen LogP contribution in [-0.4, -0.2) is 28.6 Å². The number of benzene rings is 3. The lowest BCUT2D eigenvalue weighted by molar-refractivity contribution is 0.102. The third kappa shape index (κ3) is 4.12. The van der Waals surface area contributed by atoms with E-state index in [1.165, 1.54) is 5.56 Å². The predicted molar refractivity (Wildman–Crippen MR) is 151 cm³/mol. The fourth-order valence-corrected chi connectivity index (χ4v) is 5.57. The lowest BCUT2D eigenvalue weighted by atomic mass is 9.97. The molecule has 1 N–H and O–H groups in total. The molecule has 0 spiro atoms. The molecule has 3 aromatic carbocycles. The molecule has 1 aliphatic rings. The highest BCUT2D eigenvalue weighted by atomic mass is 16.5. The van der Waals surface area contributed by atoms with Crippen LogP contribution in [0.3, 0.4) is 0 Å². The van der Waals surface area contributed by atoms with Crippen molar-refractivity contribution in [1.29, 1.82) is 0 Å². The second-order valence-corrected chi connectivity index (χ2v) is 9.50. The maximum absolute atomic E-state index is 14.1. The van der Waals surface area contributed by atoms with E-state index >= 15 is 0 Å². The Balaban J connectivity index is 1.58. The van der Waals surface area contributed by atoms with Gasteiger partial charge in [0.15, 0.2) is 0 Å². The van der Waals surface area contributed by atoms with Gasteiger partial charge in [0.1, 0.15) is 22.8 Å². The van der Waals surface area contributed by atoms with E-state index < -0.39 is 0 Å². The fourth-order valence-electron chi connectivity index (χ4n) is 5.57. The number of carbonyl (C=O) groups is 1. The minimum Gasteiger partial charge on any atom is -0.495 e. The number of ether oxygens (including phenoxy) is 2. The Morgan fingerprint density at radius 3 is 2.45 bits per heavy atom. The van der Waals surface area contributed by atoms with Crippen molar-refractivity contribution in [2.24, 2.45) is 0 Å². The molecule has 0 unspecified atom stereocenters. The molecule has 0 aliphatic carbocycles. The fraction of sp³-hybridized carbons (Fsp3) is 0.219. The van der Waals surface area contributed by atoms with Crippen LogP contribution in [0.1, 0.15) is 35.8 Å². The minimum atomic E-state index is -0.169. The number of hydrogen-bond acceptors (Lipinski definition) is 3. The molecular formula is C32H31N3O3. The summed E-state index contributed by atoms with van der Waals surface area (Å²) >= 11 is 0. The second kappa shape index (κ2) is 10.1. The first kappa shape index (κ1) is 23.9. The minimum absolute atomic E-state index is 0.169. The van der Waals surface area contributed by atoms with Crippen LogP contribution in [0.5, 0.6) is 11.5 Å². The van der Waals surface area contributed by atoms with Crippen molar-refractivity contribution in [3.8, 4) is 33.9 Å². The molecule has 192 valence electrons. The number of nitrogens with zero attached hydrogens (tertiary/aromatic N) is 2. The Morgan fingerprint density at radius 1 is 0.921 bits per heavy atom. The number of carbonyl (C=O) groups excluding carboxylic acids is 1. The molecule has 0 atom stereocenters. The van der Waals surface area contributed by atoms with E-state index in [0.717, 1.165) is 59.6 Å². The molecule has 1 amide bonds. The van der Waals surface area contributed by atoms with Gasteiger partial charge in [0, 0.05) is 23.9 Å². The first-order chi connectivity index (χ1) is 18.7. The highest BCUT2D eigenvalue weighted by molar-refractivity contribution is 6.10. The van der Waals surface area contributed by atoms with Crippen LogP contribution in [0.25, 0.3) is 28.0 Å². The zero-order chi connectivity index (χ0) is 26.1. The van der Waals surface area contributed by atoms with Crippen LogP contribution in [0.2, 0.25) is 0 Å². The number of anilines is 1. The highest BCUT2D eigenvalue weighted by Gasteiger charge is 2.30.